The topological polar surface area (TPSA) is 49.8 Å². The van der Waals surface area contributed by atoms with Gasteiger partial charge in [0.05, 0.1) is 37.5 Å². The Morgan fingerprint density at radius 3 is 2.15 bits per heavy atom. The Kier molecular flexibility index (Phi) is 10.2. The molecular formula is C13H19Br2NO4. The first kappa shape index (κ1) is 17.8. The Hall–Kier alpha value is -0.210. The molecule has 0 unspecified atom stereocenters. The summed E-state index contributed by atoms with van der Waals surface area (Å²) in [5, 5.41) is 0. The van der Waals surface area contributed by atoms with Crippen LogP contribution in [0.4, 0.5) is 0 Å². The molecule has 0 bridgehead atoms. The van der Waals surface area contributed by atoms with Gasteiger partial charge in [0.2, 0.25) is 5.88 Å². The Morgan fingerprint density at radius 2 is 1.50 bits per heavy atom. The molecular weight excluding hydrogens is 394 g/mol. The van der Waals surface area contributed by atoms with E-state index in [4.69, 9.17) is 18.9 Å². The fraction of sp³-hybridized carbons (Fsp3) is 0.615. The molecule has 0 amide bonds. The molecule has 0 saturated carbocycles. The van der Waals surface area contributed by atoms with E-state index < -0.39 is 0 Å². The number of nitrogens with zero attached hydrogens (tertiary/aromatic N) is 1. The summed E-state index contributed by atoms with van der Waals surface area (Å²) in [4.78, 5) is 4.20. The molecule has 1 rings (SSSR count). The molecule has 0 aliphatic heterocycles. The zero-order valence-corrected chi connectivity index (χ0v) is 14.6. The smallest absolute Gasteiger partial charge is 0.229 e. The second-order valence-electron chi connectivity index (χ2n) is 3.69. The lowest BCUT2D eigenvalue weighted by Gasteiger charge is -2.08. The SMILES string of the molecule is CCOCCOCCOCCOc1nc(Br)ccc1Br. The van der Waals surface area contributed by atoms with Gasteiger partial charge < -0.3 is 18.9 Å². The molecule has 1 heterocycles. The standard InChI is InChI=1S/C13H19Br2NO4/c1-2-17-5-6-18-7-8-19-9-10-20-13-11(14)3-4-12(15)16-13/h3-4H,2,5-10H2,1H3. The normalized spacial score (nSPS) is 10.8. The average molecular weight is 413 g/mol. The lowest BCUT2D eigenvalue weighted by molar-refractivity contribution is 0.0111. The van der Waals surface area contributed by atoms with Crippen LogP contribution >= 0.6 is 31.9 Å². The minimum Gasteiger partial charge on any atom is -0.474 e. The Morgan fingerprint density at radius 1 is 0.900 bits per heavy atom. The van der Waals surface area contributed by atoms with Gasteiger partial charge in [0, 0.05) is 6.61 Å². The van der Waals surface area contributed by atoms with E-state index in [0.29, 0.717) is 45.5 Å². The van der Waals surface area contributed by atoms with Gasteiger partial charge in [0.15, 0.2) is 0 Å². The van der Waals surface area contributed by atoms with Crippen molar-refractivity contribution in [3.05, 3.63) is 21.2 Å². The molecule has 0 atom stereocenters. The van der Waals surface area contributed by atoms with Crippen molar-refractivity contribution >= 4 is 31.9 Å². The quantitative estimate of drug-likeness (QED) is 0.413. The molecule has 0 aliphatic rings. The van der Waals surface area contributed by atoms with Crippen LogP contribution in [0.3, 0.4) is 0 Å². The average Bonchev–Trinajstić information content (AvgIpc) is 2.44. The second kappa shape index (κ2) is 11.4. The molecule has 5 nitrogen and oxygen atoms in total. The van der Waals surface area contributed by atoms with Gasteiger partial charge in [-0.15, -0.1) is 0 Å². The summed E-state index contributed by atoms with van der Waals surface area (Å²) in [7, 11) is 0. The first-order chi connectivity index (χ1) is 9.74. The van der Waals surface area contributed by atoms with Crippen molar-refractivity contribution < 1.29 is 18.9 Å². The zero-order valence-electron chi connectivity index (χ0n) is 11.4. The summed E-state index contributed by atoms with van der Waals surface area (Å²) in [6.07, 6.45) is 0. The monoisotopic (exact) mass is 411 g/mol. The Balaban J connectivity index is 1.98. The van der Waals surface area contributed by atoms with Gasteiger partial charge in [-0.3, -0.25) is 0 Å². The van der Waals surface area contributed by atoms with E-state index in [-0.39, 0.29) is 0 Å². The van der Waals surface area contributed by atoms with Crippen LogP contribution in [-0.4, -0.2) is 51.2 Å². The molecule has 7 heteroatoms. The molecule has 0 fully saturated rings. The van der Waals surface area contributed by atoms with Crippen LogP contribution < -0.4 is 4.74 Å². The third kappa shape index (κ3) is 8.16. The maximum absolute atomic E-state index is 5.50. The molecule has 0 spiro atoms. The van der Waals surface area contributed by atoms with Crippen molar-refractivity contribution in [1.82, 2.24) is 4.98 Å². The number of pyridine rings is 1. The predicted octanol–water partition coefficient (Wildman–Crippen LogP) is 3.06. The summed E-state index contributed by atoms with van der Waals surface area (Å²) in [5.41, 5.74) is 0. The number of halogens is 2. The van der Waals surface area contributed by atoms with Crippen molar-refractivity contribution in [2.75, 3.05) is 46.2 Å². The maximum atomic E-state index is 5.50. The van der Waals surface area contributed by atoms with Crippen LogP contribution in [0.1, 0.15) is 6.92 Å². The third-order valence-electron chi connectivity index (χ3n) is 2.19. The maximum Gasteiger partial charge on any atom is 0.229 e. The van der Waals surface area contributed by atoms with E-state index in [2.05, 4.69) is 36.8 Å². The largest absolute Gasteiger partial charge is 0.474 e. The highest BCUT2D eigenvalue weighted by molar-refractivity contribution is 9.11. The molecule has 0 aromatic carbocycles. The predicted molar refractivity (Wildman–Crippen MR) is 83.3 cm³/mol. The van der Waals surface area contributed by atoms with E-state index in [1.807, 2.05) is 19.1 Å². The van der Waals surface area contributed by atoms with Crippen LogP contribution in [0.2, 0.25) is 0 Å². The molecule has 1 aromatic rings. The number of hydrogen-bond acceptors (Lipinski definition) is 5. The fourth-order valence-electron chi connectivity index (χ4n) is 1.28. The highest BCUT2D eigenvalue weighted by Crippen LogP contribution is 2.24. The molecule has 114 valence electrons. The van der Waals surface area contributed by atoms with E-state index in [1.165, 1.54) is 0 Å². The van der Waals surface area contributed by atoms with Gasteiger partial charge in [0.1, 0.15) is 11.2 Å². The molecule has 0 radical (unpaired) electrons. The Labute approximate surface area is 136 Å². The van der Waals surface area contributed by atoms with Crippen molar-refractivity contribution in [2.24, 2.45) is 0 Å². The van der Waals surface area contributed by atoms with Gasteiger partial charge in [-0.05, 0) is 50.9 Å². The van der Waals surface area contributed by atoms with Gasteiger partial charge in [0.25, 0.3) is 0 Å². The van der Waals surface area contributed by atoms with Crippen LogP contribution in [0.25, 0.3) is 0 Å². The first-order valence-electron chi connectivity index (χ1n) is 6.42. The highest BCUT2D eigenvalue weighted by Gasteiger charge is 2.03. The molecule has 1 aromatic heterocycles. The highest BCUT2D eigenvalue weighted by atomic mass is 79.9. The number of rotatable bonds is 11. The van der Waals surface area contributed by atoms with Crippen molar-refractivity contribution in [3.63, 3.8) is 0 Å². The lowest BCUT2D eigenvalue weighted by atomic mass is 10.5. The van der Waals surface area contributed by atoms with Crippen molar-refractivity contribution in [3.8, 4) is 5.88 Å². The van der Waals surface area contributed by atoms with Gasteiger partial charge >= 0.3 is 0 Å². The molecule has 0 aliphatic carbocycles. The fourth-order valence-corrected chi connectivity index (χ4v) is 1.91. The zero-order chi connectivity index (χ0) is 14.6. The third-order valence-corrected chi connectivity index (χ3v) is 3.24. The van der Waals surface area contributed by atoms with E-state index in [0.717, 1.165) is 15.7 Å². The second-order valence-corrected chi connectivity index (χ2v) is 5.36. The Bertz CT molecular complexity index is 379. The van der Waals surface area contributed by atoms with Gasteiger partial charge in [-0.1, -0.05) is 0 Å². The minimum atomic E-state index is 0.445. The summed E-state index contributed by atoms with van der Waals surface area (Å²) in [6.45, 7) is 5.95. The summed E-state index contributed by atoms with van der Waals surface area (Å²) < 4.78 is 22.9. The van der Waals surface area contributed by atoms with E-state index in [9.17, 15) is 0 Å². The molecule has 20 heavy (non-hydrogen) atoms. The van der Waals surface area contributed by atoms with Gasteiger partial charge in [-0.25, -0.2) is 4.98 Å². The lowest BCUT2D eigenvalue weighted by Crippen LogP contribution is -2.13. The number of ether oxygens (including phenoxy) is 4. The minimum absolute atomic E-state index is 0.445. The van der Waals surface area contributed by atoms with E-state index in [1.54, 1.807) is 0 Å². The molecule has 0 saturated heterocycles. The van der Waals surface area contributed by atoms with Crippen LogP contribution in [0.15, 0.2) is 21.2 Å². The van der Waals surface area contributed by atoms with Crippen LogP contribution in [0.5, 0.6) is 5.88 Å². The van der Waals surface area contributed by atoms with E-state index >= 15 is 0 Å². The van der Waals surface area contributed by atoms with Crippen LogP contribution in [0, 0.1) is 0 Å². The summed E-state index contributed by atoms with van der Waals surface area (Å²) in [6, 6.07) is 3.71. The summed E-state index contributed by atoms with van der Waals surface area (Å²) >= 11 is 6.67. The van der Waals surface area contributed by atoms with Crippen LogP contribution in [-0.2, 0) is 14.2 Å². The summed E-state index contributed by atoms with van der Waals surface area (Å²) in [5.74, 6) is 0.552. The number of aromatic nitrogens is 1. The van der Waals surface area contributed by atoms with Crippen molar-refractivity contribution in [1.29, 1.82) is 0 Å². The first-order valence-corrected chi connectivity index (χ1v) is 8.00. The van der Waals surface area contributed by atoms with Gasteiger partial charge in [-0.2, -0.15) is 0 Å². The molecule has 0 N–H and O–H groups in total. The number of hydrogen-bond donors (Lipinski definition) is 0. The van der Waals surface area contributed by atoms with Crippen molar-refractivity contribution in [2.45, 2.75) is 6.92 Å².